The highest BCUT2D eigenvalue weighted by atomic mass is 16.5. The van der Waals surface area contributed by atoms with Crippen LogP contribution in [0.15, 0.2) is 18.5 Å². The number of aliphatic hydroxyl groups is 1. The van der Waals surface area contributed by atoms with Gasteiger partial charge in [-0.3, -0.25) is 4.68 Å². The molecule has 5 nitrogen and oxygen atoms in total. The number of aromatic nitrogens is 2. The van der Waals surface area contributed by atoms with Gasteiger partial charge in [-0.15, -0.1) is 0 Å². The second-order valence-corrected chi connectivity index (χ2v) is 6.32. The van der Waals surface area contributed by atoms with Gasteiger partial charge in [-0.25, -0.2) is 0 Å². The van der Waals surface area contributed by atoms with Crippen molar-refractivity contribution in [3.05, 3.63) is 18.5 Å². The fourth-order valence-corrected chi connectivity index (χ4v) is 2.91. The zero-order chi connectivity index (χ0) is 15.1. The lowest BCUT2D eigenvalue weighted by Gasteiger charge is -2.29. The van der Waals surface area contributed by atoms with E-state index in [-0.39, 0.29) is 6.04 Å². The van der Waals surface area contributed by atoms with Crippen LogP contribution in [-0.2, 0) is 11.3 Å². The molecule has 1 aliphatic rings. The van der Waals surface area contributed by atoms with E-state index in [1.54, 1.807) is 6.20 Å². The average Bonchev–Trinajstić information content (AvgIpc) is 2.97. The van der Waals surface area contributed by atoms with E-state index in [2.05, 4.69) is 24.3 Å². The maximum atomic E-state index is 10.0. The summed E-state index contributed by atoms with van der Waals surface area (Å²) in [4.78, 5) is 0. The zero-order valence-electron chi connectivity index (χ0n) is 13.2. The van der Waals surface area contributed by atoms with Crippen LogP contribution in [0, 0.1) is 5.92 Å². The molecule has 0 spiro atoms. The Kier molecular flexibility index (Phi) is 6.67. The first kappa shape index (κ1) is 16.5. The average molecular weight is 295 g/mol. The summed E-state index contributed by atoms with van der Waals surface area (Å²) in [6, 6.07) is 2.19. The summed E-state index contributed by atoms with van der Waals surface area (Å²) in [5, 5.41) is 17.5. The van der Waals surface area contributed by atoms with Crippen LogP contribution in [-0.4, -0.2) is 46.3 Å². The van der Waals surface area contributed by atoms with Crippen molar-refractivity contribution < 1.29 is 9.84 Å². The monoisotopic (exact) mass is 295 g/mol. The Labute approximate surface area is 127 Å². The standard InChI is InChI=1S/C16H29N3O2/c1-13-6-3-4-7-16(13)21-12-15(20)10-17-14(2)11-19-9-5-8-18-19/h5,8-9,13-17,20H,3-4,6-7,10-12H2,1-2H3. The molecule has 2 rings (SSSR count). The molecule has 0 radical (unpaired) electrons. The van der Waals surface area contributed by atoms with Crippen molar-refractivity contribution in [1.29, 1.82) is 0 Å². The molecular formula is C16H29N3O2. The van der Waals surface area contributed by atoms with Crippen LogP contribution in [0.2, 0.25) is 0 Å². The van der Waals surface area contributed by atoms with Crippen molar-refractivity contribution in [2.24, 2.45) is 5.92 Å². The van der Waals surface area contributed by atoms with Crippen LogP contribution in [0.4, 0.5) is 0 Å². The van der Waals surface area contributed by atoms with E-state index in [0.29, 0.717) is 25.2 Å². The number of rotatable bonds is 8. The molecule has 21 heavy (non-hydrogen) atoms. The van der Waals surface area contributed by atoms with Gasteiger partial charge in [0.05, 0.1) is 25.4 Å². The molecule has 0 aliphatic heterocycles. The Morgan fingerprint density at radius 2 is 2.24 bits per heavy atom. The highest BCUT2D eigenvalue weighted by Crippen LogP contribution is 2.26. The summed E-state index contributed by atoms with van der Waals surface area (Å²) in [5.41, 5.74) is 0. The van der Waals surface area contributed by atoms with Gasteiger partial charge in [-0.2, -0.15) is 5.10 Å². The number of ether oxygens (including phenoxy) is 1. The number of nitrogens with zero attached hydrogens (tertiary/aromatic N) is 2. The Morgan fingerprint density at radius 1 is 1.43 bits per heavy atom. The molecule has 0 bridgehead atoms. The lowest BCUT2D eigenvalue weighted by Crippen LogP contribution is -2.39. The summed E-state index contributed by atoms with van der Waals surface area (Å²) < 4.78 is 7.78. The van der Waals surface area contributed by atoms with E-state index in [0.717, 1.165) is 13.0 Å². The van der Waals surface area contributed by atoms with Crippen LogP contribution >= 0.6 is 0 Å². The van der Waals surface area contributed by atoms with Crippen LogP contribution < -0.4 is 5.32 Å². The summed E-state index contributed by atoms with van der Waals surface area (Å²) in [5.74, 6) is 0.623. The number of nitrogens with one attached hydrogen (secondary N) is 1. The molecule has 0 saturated heterocycles. The van der Waals surface area contributed by atoms with Crippen molar-refractivity contribution in [3.63, 3.8) is 0 Å². The molecule has 0 amide bonds. The van der Waals surface area contributed by atoms with Crippen molar-refractivity contribution in [2.45, 2.75) is 64.3 Å². The number of aliphatic hydroxyl groups excluding tert-OH is 1. The molecule has 1 saturated carbocycles. The normalized spacial score (nSPS) is 25.7. The van der Waals surface area contributed by atoms with Crippen molar-refractivity contribution in [1.82, 2.24) is 15.1 Å². The number of hydrogen-bond donors (Lipinski definition) is 2. The van der Waals surface area contributed by atoms with Crippen LogP contribution in [0.25, 0.3) is 0 Å². The van der Waals surface area contributed by atoms with Crippen molar-refractivity contribution >= 4 is 0 Å². The summed E-state index contributed by atoms with van der Waals surface area (Å²) in [6.07, 6.45) is 8.56. The van der Waals surface area contributed by atoms with E-state index in [1.807, 2.05) is 16.9 Å². The predicted molar refractivity (Wildman–Crippen MR) is 83.1 cm³/mol. The first-order valence-electron chi connectivity index (χ1n) is 8.15. The van der Waals surface area contributed by atoms with Gasteiger partial charge < -0.3 is 15.2 Å². The molecule has 1 aliphatic carbocycles. The maximum absolute atomic E-state index is 10.0. The van der Waals surface area contributed by atoms with Gasteiger partial charge in [0.15, 0.2) is 0 Å². The number of hydrogen-bond acceptors (Lipinski definition) is 4. The predicted octanol–water partition coefficient (Wildman–Crippen LogP) is 1.82. The molecule has 5 heteroatoms. The minimum Gasteiger partial charge on any atom is -0.389 e. The topological polar surface area (TPSA) is 59.3 Å². The van der Waals surface area contributed by atoms with Gasteiger partial charge >= 0.3 is 0 Å². The van der Waals surface area contributed by atoms with Crippen LogP contribution in [0.3, 0.4) is 0 Å². The zero-order valence-corrected chi connectivity index (χ0v) is 13.2. The van der Waals surface area contributed by atoms with Gasteiger partial charge in [-0.1, -0.05) is 19.8 Å². The first-order chi connectivity index (χ1) is 10.1. The molecular weight excluding hydrogens is 266 g/mol. The van der Waals surface area contributed by atoms with Gasteiger partial charge in [0, 0.05) is 25.0 Å². The third-order valence-electron chi connectivity index (χ3n) is 4.26. The molecule has 4 unspecified atom stereocenters. The molecule has 1 heterocycles. The fraction of sp³-hybridized carbons (Fsp3) is 0.812. The minimum absolute atomic E-state index is 0.271. The van der Waals surface area contributed by atoms with Crippen molar-refractivity contribution in [2.75, 3.05) is 13.2 Å². The highest BCUT2D eigenvalue weighted by Gasteiger charge is 2.22. The van der Waals surface area contributed by atoms with E-state index in [4.69, 9.17) is 4.74 Å². The maximum Gasteiger partial charge on any atom is 0.0897 e. The second kappa shape index (κ2) is 8.51. The SMILES string of the molecule is CC(Cn1cccn1)NCC(O)COC1CCCCC1C. The molecule has 1 aromatic heterocycles. The molecule has 2 N–H and O–H groups in total. The van der Waals surface area contributed by atoms with Crippen LogP contribution in [0.1, 0.15) is 39.5 Å². The largest absolute Gasteiger partial charge is 0.389 e. The highest BCUT2D eigenvalue weighted by molar-refractivity contribution is 4.79. The second-order valence-electron chi connectivity index (χ2n) is 6.32. The first-order valence-corrected chi connectivity index (χ1v) is 8.15. The Morgan fingerprint density at radius 3 is 2.95 bits per heavy atom. The van der Waals surface area contributed by atoms with Gasteiger partial charge in [0.2, 0.25) is 0 Å². The molecule has 1 fully saturated rings. The summed E-state index contributed by atoms with van der Waals surface area (Å²) in [7, 11) is 0. The summed E-state index contributed by atoms with van der Waals surface area (Å²) in [6.45, 7) is 6.14. The van der Waals surface area contributed by atoms with Gasteiger partial charge in [0.25, 0.3) is 0 Å². The van der Waals surface area contributed by atoms with E-state index in [1.165, 1.54) is 19.3 Å². The third kappa shape index (κ3) is 5.77. The third-order valence-corrected chi connectivity index (χ3v) is 4.26. The molecule has 120 valence electrons. The Balaban J connectivity index is 1.59. The smallest absolute Gasteiger partial charge is 0.0897 e. The van der Waals surface area contributed by atoms with E-state index in [9.17, 15) is 5.11 Å². The minimum atomic E-state index is -0.445. The Bertz CT molecular complexity index is 383. The van der Waals surface area contributed by atoms with Gasteiger partial charge in [-0.05, 0) is 31.7 Å². The molecule has 4 atom stereocenters. The lowest BCUT2D eigenvalue weighted by molar-refractivity contribution is -0.0456. The van der Waals surface area contributed by atoms with Crippen molar-refractivity contribution in [3.8, 4) is 0 Å². The van der Waals surface area contributed by atoms with E-state index < -0.39 is 6.10 Å². The summed E-state index contributed by atoms with van der Waals surface area (Å²) >= 11 is 0. The van der Waals surface area contributed by atoms with E-state index >= 15 is 0 Å². The van der Waals surface area contributed by atoms with Crippen LogP contribution in [0.5, 0.6) is 0 Å². The Hall–Kier alpha value is -0.910. The molecule has 1 aromatic rings. The lowest BCUT2D eigenvalue weighted by atomic mass is 9.88. The molecule has 0 aromatic carbocycles. The quantitative estimate of drug-likeness (QED) is 0.768. The fourth-order valence-electron chi connectivity index (χ4n) is 2.91. The van der Waals surface area contributed by atoms with Gasteiger partial charge in [0.1, 0.15) is 0 Å².